The molecule has 0 aliphatic carbocycles. The summed E-state index contributed by atoms with van der Waals surface area (Å²) in [4.78, 5) is 0. The average Bonchev–Trinajstić information content (AvgIpc) is 2.27. The van der Waals surface area contributed by atoms with Crippen molar-refractivity contribution < 1.29 is 9.27 Å². The molecule has 92 valence electrons. The molecule has 0 unspecified atom stereocenters. The molecule has 0 N–H and O–H groups in total. The van der Waals surface area contributed by atoms with Gasteiger partial charge in [0.05, 0.1) is 0 Å². The van der Waals surface area contributed by atoms with Crippen LogP contribution < -0.4 is 9.27 Å². The average molecular weight is 225 g/mol. The van der Waals surface area contributed by atoms with Gasteiger partial charge in [0.2, 0.25) is 0 Å². The van der Waals surface area contributed by atoms with E-state index in [-0.39, 0.29) is 4.70 Å². The molecular formula is C14H24FN. The minimum absolute atomic E-state index is 0. The first-order valence-electron chi connectivity index (χ1n) is 6.34. The van der Waals surface area contributed by atoms with Crippen molar-refractivity contribution in [2.45, 2.75) is 58.9 Å². The minimum atomic E-state index is 0. The molecule has 0 saturated carbocycles. The largest absolute Gasteiger partial charge is 1.00 e. The van der Waals surface area contributed by atoms with Crippen LogP contribution in [0.25, 0.3) is 0 Å². The first kappa shape index (κ1) is 15.1. The Hall–Kier alpha value is -0.920. The smallest absolute Gasteiger partial charge is 0.169 e. The van der Waals surface area contributed by atoms with Crippen LogP contribution in [0, 0.1) is 0 Å². The minimum Gasteiger partial charge on any atom is -1.00 e. The van der Waals surface area contributed by atoms with Crippen LogP contribution in [0.4, 0.5) is 0 Å². The van der Waals surface area contributed by atoms with Crippen LogP contribution in [-0.2, 0) is 13.0 Å². The third-order valence-electron chi connectivity index (χ3n) is 2.77. The second-order valence-corrected chi connectivity index (χ2v) is 4.25. The molecule has 0 saturated heterocycles. The van der Waals surface area contributed by atoms with Crippen molar-refractivity contribution in [1.29, 1.82) is 0 Å². The van der Waals surface area contributed by atoms with Crippen molar-refractivity contribution in [3.63, 3.8) is 0 Å². The molecular weight excluding hydrogens is 201 g/mol. The highest BCUT2D eigenvalue weighted by molar-refractivity contribution is 5.06. The molecule has 0 atom stereocenters. The first-order chi connectivity index (χ1) is 7.36. The molecule has 0 amide bonds. The van der Waals surface area contributed by atoms with Gasteiger partial charge in [0, 0.05) is 18.6 Å². The number of aryl methyl sites for hydroxylation is 2. The van der Waals surface area contributed by atoms with E-state index in [4.69, 9.17) is 0 Å². The van der Waals surface area contributed by atoms with E-state index in [0.717, 1.165) is 0 Å². The first-order valence-corrected chi connectivity index (χ1v) is 6.34. The molecule has 0 spiro atoms. The number of hydrogen-bond acceptors (Lipinski definition) is 0. The zero-order valence-corrected chi connectivity index (χ0v) is 10.6. The van der Waals surface area contributed by atoms with E-state index in [1.54, 1.807) is 0 Å². The van der Waals surface area contributed by atoms with Gasteiger partial charge in [-0.2, -0.15) is 0 Å². The highest BCUT2D eigenvalue weighted by atomic mass is 19.0. The number of halogens is 1. The lowest BCUT2D eigenvalue weighted by molar-refractivity contribution is -0.697. The Morgan fingerprint density at radius 3 is 2.19 bits per heavy atom. The number of unbranched alkanes of at least 4 members (excludes halogenated alkanes) is 3. The monoisotopic (exact) mass is 225 g/mol. The lowest BCUT2D eigenvalue weighted by Crippen LogP contribution is -3.00. The Morgan fingerprint density at radius 2 is 1.62 bits per heavy atom. The summed E-state index contributed by atoms with van der Waals surface area (Å²) in [6.07, 6.45) is 12.2. The topological polar surface area (TPSA) is 3.88 Å². The Balaban J connectivity index is 0.00000225. The molecule has 0 radical (unpaired) electrons. The van der Waals surface area contributed by atoms with E-state index < -0.39 is 0 Å². The van der Waals surface area contributed by atoms with Crippen LogP contribution in [0.2, 0.25) is 0 Å². The molecule has 1 nitrogen and oxygen atoms in total. The Labute approximate surface area is 98.9 Å². The number of aromatic nitrogens is 1. The number of rotatable bonds is 7. The number of nitrogens with zero attached hydrogens (tertiary/aromatic N) is 1. The van der Waals surface area contributed by atoms with Gasteiger partial charge < -0.3 is 4.70 Å². The van der Waals surface area contributed by atoms with Crippen molar-refractivity contribution >= 4 is 0 Å². The maximum Gasteiger partial charge on any atom is 0.169 e. The maximum absolute atomic E-state index is 2.30. The van der Waals surface area contributed by atoms with Gasteiger partial charge in [-0.3, -0.25) is 0 Å². The maximum atomic E-state index is 2.30. The molecule has 16 heavy (non-hydrogen) atoms. The van der Waals surface area contributed by atoms with Gasteiger partial charge in [0.15, 0.2) is 12.4 Å². The predicted octanol–water partition coefficient (Wildman–Crippen LogP) is 0.511. The molecule has 0 aromatic carbocycles. The molecule has 0 aliphatic heterocycles. The van der Waals surface area contributed by atoms with E-state index >= 15 is 0 Å². The lowest BCUT2D eigenvalue weighted by Gasteiger charge is -1.99. The normalized spacial score (nSPS) is 9.88. The van der Waals surface area contributed by atoms with Gasteiger partial charge in [0.25, 0.3) is 0 Å². The predicted molar refractivity (Wildman–Crippen MR) is 64.8 cm³/mol. The second-order valence-electron chi connectivity index (χ2n) is 4.25. The Morgan fingerprint density at radius 1 is 0.938 bits per heavy atom. The van der Waals surface area contributed by atoms with Gasteiger partial charge in [-0.05, 0) is 18.4 Å². The van der Waals surface area contributed by atoms with Crippen LogP contribution in [0.3, 0.4) is 0 Å². The van der Waals surface area contributed by atoms with E-state index in [2.05, 4.69) is 42.9 Å². The van der Waals surface area contributed by atoms with Crippen molar-refractivity contribution in [1.82, 2.24) is 0 Å². The summed E-state index contributed by atoms with van der Waals surface area (Å²) in [5, 5.41) is 0. The summed E-state index contributed by atoms with van der Waals surface area (Å²) >= 11 is 0. The van der Waals surface area contributed by atoms with Gasteiger partial charge >= 0.3 is 0 Å². The Bertz CT molecular complexity index is 256. The van der Waals surface area contributed by atoms with Crippen molar-refractivity contribution in [3.8, 4) is 0 Å². The lowest BCUT2D eigenvalue weighted by atomic mass is 10.1. The molecule has 1 rings (SSSR count). The third-order valence-corrected chi connectivity index (χ3v) is 2.77. The van der Waals surface area contributed by atoms with Crippen LogP contribution in [0.5, 0.6) is 0 Å². The highest BCUT2D eigenvalue weighted by Crippen LogP contribution is 2.01. The van der Waals surface area contributed by atoms with Crippen molar-refractivity contribution in [2.24, 2.45) is 0 Å². The van der Waals surface area contributed by atoms with Gasteiger partial charge in [0.1, 0.15) is 6.54 Å². The summed E-state index contributed by atoms with van der Waals surface area (Å²) in [5.41, 5.74) is 1.46. The fourth-order valence-electron chi connectivity index (χ4n) is 1.81. The van der Waals surface area contributed by atoms with Crippen molar-refractivity contribution in [2.75, 3.05) is 0 Å². The summed E-state index contributed by atoms with van der Waals surface area (Å²) < 4.78 is 2.30. The number of hydrogen-bond donors (Lipinski definition) is 0. The summed E-state index contributed by atoms with van der Waals surface area (Å²) in [6, 6.07) is 4.51. The van der Waals surface area contributed by atoms with E-state index in [1.165, 1.54) is 50.6 Å². The molecule has 1 aromatic rings. The highest BCUT2D eigenvalue weighted by Gasteiger charge is 1.99. The molecule has 0 bridgehead atoms. The third kappa shape index (κ3) is 5.84. The molecule has 2 heteroatoms. The molecule has 1 heterocycles. The standard InChI is InChI=1S/C14H24N.FH/c1-3-5-6-7-11-15-12-9-14(8-4-2)10-13-15;/h9-10,12-13H,3-8,11H2,1-2H3;1H/q+1;/p-1. The zero-order chi connectivity index (χ0) is 10.9. The molecule has 0 fully saturated rings. The Kier molecular flexibility index (Phi) is 8.78. The van der Waals surface area contributed by atoms with Crippen LogP contribution in [-0.4, -0.2) is 0 Å². The van der Waals surface area contributed by atoms with E-state index in [9.17, 15) is 0 Å². The summed E-state index contributed by atoms with van der Waals surface area (Å²) in [6.45, 7) is 5.66. The SMILES string of the molecule is CCCCCC[n+]1ccc(CCC)cc1.[F-]. The van der Waals surface area contributed by atoms with Gasteiger partial charge in [-0.15, -0.1) is 0 Å². The molecule has 0 aliphatic rings. The summed E-state index contributed by atoms with van der Waals surface area (Å²) in [5.74, 6) is 0. The van der Waals surface area contributed by atoms with E-state index in [1.807, 2.05) is 0 Å². The van der Waals surface area contributed by atoms with Crippen LogP contribution in [0.15, 0.2) is 24.5 Å². The number of pyridine rings is 1. The van der Waals surface area contributed by atoms with E-state index in [0.29, 0.717) is 0 Å². The van der Waals surface area contributed by atoms with Crippen molar-refractivity contribution in [3.05, 3.63) is 30.1 Å². The molecule has 1 aromatic heterocycles. The zero-order valence-electron chi connectivity index (χ0n) is 10.6. The van der Waals surface area contributed by atoms with Gasteiger partial charge in [-0.25, -0.2) is 4.57 Å². The fourth-order valence-corrected chi connectivity index (χ4v) is 1.81. The van der Waals surface area contributed by atoms with Gasteiger partial charge in [-0.1, -0.05) is 33.1 Å². The second kappa shape index (κ2) is 9.32. The quantitative estimate of drug-likeness (QED) is 0.470. The van der Waals surface area contributed by atoms with Crippen LogP contribution in [0.1, 0.15) is 51.5 Å². The fraction of sp³-hybridized carbons (Fsp3) is 0.643. The summed E-state index contributed by atoms with van der Waals surface area (Å²) in [7, 11) is 0. The van der Waals surface area contributed by atoms with Crippen LogP contribution >= 0.6 is 0 Å².